The minimum absolute atomic E-state index is 0.414. The van der Waals surface area contributed by atoms with Crippen LogP contribution in [0.3, 0.4) is 0 Å². The number of nitrogens with one attached hydrogen (secondary N) is 2. The molecule has 1 aromatic heterocycles. The number of hydrogen-bond donors (Lipinski definition) is 2. The van der Waals surface area contributed by atoms with Crippen LogP contribution in [-0.2, 0) is 0 Å². The third kappa shape index (κ3) is 4.37. The zero-order valence-electron chi connectivity index (χ0n) is 12.0. The number of aryl methyl sites for hydroxylation is 1. The molecule has 1 rings (SSSR count). The molecule has 0 aromatic carbocycles. The maximum absolute atomic E-state index is 4.49. The van der Waals surface area contributed by atoms with Crippen LogP contribution in [0, 0.1) is 13.8 Å². The van der Waals surface area contributed by atoms with E-state index in [0.29, 0.717) is 6.04 Å². The molecule has 1 heterocycles. The normalized spacial score (nSPS) is 12.3. The van der Waals surface area contributed by atoms with Crippen LogP contribution in [-0.4, -0.2) is 34.1 Å². The molecule has 18 heavy (non-hydrogen) atoms. The highest BCUT2D eigenvalue weighted by molar-refractivity contribution is 7.99. The van der Waals surface area contributed by atoms with Crippen molar-refractivity contribution in [3.63, 3.8) is 0 Å². The largest absolute Gasteiger partial charge is 0.370 e. The molecule has 102 valence electrons. The van der Waals surface area contributed by atoms with Gasteiger partial charge in [-0.05, 0) is 33.4 Å². The molecule has 0 aliphatic heterocycles. The summed E-state index contributed by atoms with van der Waals surface area (Å²) in [5.74, 6) is 4.92. The van der Waals surface area contributed by atoms with Crippen molar-refractivity contribution in [1.29, 1.82) is 0 Å². The van der Waals surface area contributed by atoms with Crippen LogP contribution in [0.2, 0.25) is 0 Å². The number of anilines is 2. The van der Waals surface area contributed by atoms with Crippen molar-refractivity contribution in [2.45, 2.75) is 40.7 Å². The molecule has 0 saturated carbocycles. The van der Waals surface area contributed by atoms with Gasteiger partial charge in [0.05, 0.1) is 0 Å². The summed E-state index contributed by atoms with van der Waals surface area (Å²) in [6, 6.07) is 0.414. The van der Waals surface area contributed by atoms with Gasteiger partial charge in [0.25, 0.3) is 0 Å². The van der Waals surface area contributed by atoms with Gasteiger partial charge in [-0.2, -0.15) is 11.8 Å². The molecule has 1 atom stereocenters. The Labute approximate surface area is 114 Å². The van der Waals surface area contributed by atoms with Crippen molar-refractivity contribution in [2.75, 3.05) is 28.7 Å². The Kier molecular flexibility index (Phi) is 6.25. The Morgan fingerprint density at radius 2 is 1.83 bits per heavy atom. The van der Waals surface area contributed by atoms with Gasteiger partial charge in [-0.25, -0.2) is 9.97 Å². The van der Waals surface area contributed by atoms with Crippen LogP contribution in [0.25, 0.3) is 0 Å². The van der Waals surface area contributed by atoms with Gasteiger partial charge >= 0.3 is 0 Å². The van der Waals surface area contributed by atoms with Crippen LogP contribution in [0.15, 0.2) is 0 Å². The van der Waals surface area contributed by atoms with Gasteiger partial charge < -0.3 is 10.6 Å². The molecule has 5 heteroatoms. The van der Waals surface area contributed by atoms with Gasteiger partial charge in [0.2, 0.25) is 0 Å². The average molecular weight is 268 g/mol. The van der Waals surface area contributed by atoms with Crippen molar-refractivity contribution >= 4 is 23.4 Å². The van der Waals surface area contributed by atoms with Gasteiger partial charge in [-0.15, -0.1) is 0 Å². The first-order chi connectivity index (χ1) is 8.58. The minimum Gasteiger partial charge on any atom is -0.370 e. The maximum Gasteiger partial charge on any atom is 0.134 e. The lowest BCUT2D eigenvalue weighted by atomic mass is 10.2. The van der Waals surface area contributed by atoms with Crippen LogP contribution in [0.5, 0.6) is 0 Å². The Balaban J connectivity index is 2.81. The van der Waals surface area contributed by atoms with E-state index >= 15 is 0 Å². The van der Waals surface area contributed by atoms with Gasteiger partial charge in [-0.1, -0.05) is 6.92 Å². The summed E-state index contributed by atoms with van der Waals surface area (Å²) in [6.07, 6.45) is 0. The predicted octanol–water partition coefficient (Wildman–Crippen LogP) is 3.08. The third-order valence-corrected chi connectivity index (χ3v) is 3.70. The number of hydrogen-bond acceptors (Lipinski definition) is 5. The topological polar surface area (TPSA) is 49.8 Å². The molecular weight excluding hydrogens is 244 g/mol. The molecule has 1 aromatic rings. The zero-order valence-corrected chi connectivity index (χ0v) is 12.8. The first kappa shape index (κ1) is 15.1. The van der Waals surface area contributed by atoms with Gasteiger partial charge in [-0.3, -0.25) is 0 Å². The third-order valence-electron chi connectivity index (χ3n) is 2.56. The molecule has 4 nitrogen and oxygen atoms in total. The van der Waals surface area contributed by atoms with E-state index in [4.69, 9.17) is 0 Å². The molecule has 0 saturated heterocycles. The lowest BCUT2D eigenvalue weighted by Crippen LogP contribution is -2.20. The van der Waals surface area contributed by atoms with Crippen molar-refractivity contribution < 1.29 is 0 Å². The van der Waals surface area contributed by atoms with E-state index < -0.39 is 0 Å². The second-order valence-corrected chi connectivity index (χ2v) is 5.65. The molecule has 0 spiro atoms. The second kappa shape index (κ2) is 7.46. The summed E-state index contributed by atoms with van der Waals surface area (Å²) in [6.45, 7) is 11.3. The Morgan fingerprint density at radius 1 is 1.17 bits per heavy atom. The van der Waals surface area contributed by atoms with E-state index in [-0.39, 0.29) is 0 Å². The molecule has 0 bridgehead atoms. The molecule has 0 fully saturated rings. The highest BCUT2D eigenvalue weighted by Crippen LogP contribution is 2.20. The smallest absolute Gasteiger partial charge is 0.134 e. The zero-order chi connectivity index (χ0) is 13.5. The summed E-state index contributed by atoms with van der Waals surface area (Å²) in [4.78, 5) is 8.92. The van der Waals surface area contributed by atoms with Crippen molar-refractivity contribution in [3.05, 3.63) is 11.4 Å². The standard InChI is InChI=1S/C13H24N4S/c1-6-14-12-10(4)13(17-11(5)16-12)15-9(3)8-18-7-2/h9H,6-8H2,1-5H3,(H2,14,15,16,17). The summed E-state index contributed by atoms with van der Waals surface area (Å²) < 4.78 is 0. The van der Waals surface area contributed by atoms with E-state index in [0.717, 1.165) is 41.1 Å². The van der Waals surface area contributed by atoms with Crippen LogP contribution >= 0.6 is 11.8 Å². The van der Waals surface area contributed by atoms with E-state index in [1.165, 1.54) is 0 Å². The summed E-state index contributed by atoms with van der Waals surface area (Å²) in [5.41, 5.74) is 1.09. The van der Waals surface area contributed by atoms with E-state index in [9.17, 15) is 0 Å². The Hall–Kier alpha value is -0.970. The van der Waals surface area contributed by atoms with Gasteiger partial charge in [0.15, 0.2) is 0 Å². The summed E-state index contributed by atoms with van der Waals surface area (Å²) in [5, 5.41) is 6.75. The number of nitrogens with zero attached hydrogens (tertiary/aromatic N) is 2. The summed E-state index contributed by atoms with van der Waals surface area (Å²) in [7, 11) is 0. The van der Waals surface area contributed by atoms with E-state index in [2.05, 4.69) is 48.3 Å². The number of aromatic nitrogens is 2. The number of rotatable bonds is 7. The lowest BCUT2D eigenvalue weighted by Gasteiger charge is -2.17. The van der Waals surface area contributed by atoms with Gasteiger partial charge in [0, 0.05) is 23.9 Å². The Morgan fingerprint density at radius 3 is 2.44 bits per heavy atom. The van der Waals surface area contributed by atoms with Crippen molar-refractivity contribution in [2.24, 2.45) is 0 Å². The maximum atomic E-state index is 4.49. The van der Waals surface area contributed by atoms with E-state index in [1.807, 2.05) is 18.7 Å². The predicted molar refractivity (Wildman–Crippen MR) is 81.8 cm³/mol. The first-order valence-corrected chi connectivity index (χ1v) is 7.67. The molecule has 0 aliphatic rings. The van der Waals surface area contributed by atoms with Crippen LogP contribution in [0.4, 0.5) is 11.6 Å². The molecular formula is C13H24N4S. The Bertz CT molecular complexity index is 381. The fourth-order valence-corrected chi connectivity index (χ4v) is 2.35. The molecule has 0 amide bonds. The second-order valence-electron chi connectivity index (χ2n) is 4.33. The highest BCUT2D eigenvalue weighted by Gasteiger charge is 2.10. The first-order valence-electron chi connectivity index (χ1n) is 6.51. The molecule has 1 unspecified atom stereocenters. The fraction of sp³-hybridized carbons (Fsp3) is 0.692. The quantitative estimate of drug-likeness (QED) is 0.796. The lowest BCUT2D eigenvalue weighted by molar-refractivity contribution is 0.886. The highest BCUT2D eigenvalue weighted by atomic mass is 32.2. The SMILES string of the molecule is CCNc1nc(C)nc(NC(C)CSCC)c1C. The molecule has 0 aliphatic carbocycles. The average Bonchev–Trinajstić information content (AvgIpc) is 2.32. The van der Waals surface area contributed by atoms with E-state index in [1.54, 1.807) is 0 Å². The van der Waals surface area contributed by atoms with Crippen molar-refractivity contribution in [3.8, 4) is 0 Å². The van der Waals surface area contributed by atoms with Crippen LogP contribution in [0.1, 0.15) is 32.2 Å². The monoisotopic (exact) mass is 268 g/mol. The summed E-state index contributed by atoms with van der Waals surface area (Å²) >= 11 is 1.94. The van der Waals surface area contributed by atoms with Crippen molar-refractivity contribution in [1.82, 2.24) is 9.97 Å². The molecule has 0 radical (unpaired) electrons. The fourth-order valence-electron chi connectivity index (χ4n) is 1.68. The van der Waals surface area contributed by atoms with Crippen LogP contribution < -0.4 is 10.6 Å². The number of thioether (sulfide) groups is 1. The van der Waals surface area contributed by atoms with Gasteiger partial charge in [0.1, 0.15) is 17.5 Å². The minimum atomic E-state index is 0.414. The molecule has 2 N–H and O–H groups in total.